The van der Waals surface area contributed by atoms with Gasteiger partial charge in [-0.3, -0.25) is 0 Å². The Morgan fingerprint density at radius 3 is 2.93 bits per heavy atom. The Labute approximate surface area is 88.5 Å². The second kappa shape index (κ2) is 4.28. The van der Waals surface area contributed by atoms with Crippen molar-refractivity contribution in [3.05, 3.63) is 28.8 Å². The average molecular weight is 203 g/mol. The van der Waals surface area contributed by atoms with Crippen molar-refractivity contribution in [1.82, 2.24) is 0 Å². The molecule has 1 N–H and O–H groups in total. The summed E-state index contributed by atoms with van der Waals surface area (Å²) in [5.74, 6) is 0.325. The molecule has 1 aliphatic rings. The van der Waals surface area contributed by atoms with E-state index in [0.29, 0.717) is 5.75 Å². The van der Waals surface area contributed by atoms with E-state index in [0.717, 1.165) is 30.4 Å². The minimum Gasteiger partial charge on any atom is -0.507 e. The molecule has 78 valence electrons. The van der Waals surface area contributed by atoms with E-state index in [-0.39, 0.29) is 6.54 Å². The predicted octanol–water partition coefficient (Wildman–Crippen LogP) is 2.11. The van der Waals surface area contributed by atoms with Crippen LogP contribution < -0.4 is 0 Å². The second-order valence-corrected chi connectivity index (χ2v) is 3.83. The van der Waals surface area contributed by atoms with Gasteiger partial charge in [0.25, 0.3) is 0 Å². The zero-order valence-corrected chi connectivity index (χ0v) is 8.49. The molecule has 3 nitrogen and oxygen atoms in total. The van der Waals surface area contributed by atoms with E-state index in [4.69, 9.17) is 0 Å². The number of hydrogen-bond acceptors (Lipinski definition) is 3. The molecule has 0 fully saturated rings. The predicted molar refractivity (Wildman–Crippen MR) is 56.6 cm³/mol. The fourth-order valence-electron chi connectivity index (χ4n) is 2.10. The van der Waals surface area contributed by atoms with Crippen molar-refractivity contribution in [2.24, 2.45) is 4.99 Å². The van der Waals surface area contributed by atoms with Gasteiger partial charge in [-0.1, -0.05) is 12.1 Å². The summed E-state index contributed by atoms with van der Waals surface area (Å²) in [6.45, 7) is 0.225. The highest BCUT2D eigenvalue weighted by Gasteiger charge is 2.15. The molecule has 1 aromatic carbocycles. The number of nitrogens with zero attached hydrogens (tertiary/aromatic N) is 1. The van der Waals surface area contributed by atoms with Crippen molar-refractivity contribution in [1.29, 1.82) is 0 Å². The number of isocyanates is 1. The van der Waals surface area contributed by atoms with Crippen molar-refractivity contribution in [3.8, 4) is 5.75 Å². The molecular formula is C12H13NO2. The van der Waals surface area contributed by atoms with Crippen LogP contribution in [0.25, 0.3) is 0 Å². The maximum Gasteiger partial charge on any atom is 0.235 e. The SMILES string of the molecule is O=C=NCc1ccc2c(c1O)CCCC2. The summed E-state index contributed by atoms with van der Waals surface area (Å²) in [7, 11) is 0. The van der Waals surface area contributed by atoms with Gasteiger partial charge in [0.15, 0.2) is 0 Å². The molecule has 0 spiro atoms. The first-order valence-electron chi connectivity index (χ1n) is 5.19. The Morgan fingerprint density at radius 2 is 2.13 bits per heavy atom. The monoisotopic (exact) mass is 203 g/mol. The molecule has 0 unspecified atom stereocenters. The molecule has 15 heavy (non-hydrogen) atoms. The average Bonchev–Trinajstić information content (AvgIpc) is 2.29. The Morgan fingerprint density at radius 1 is 1.33 bits per heavy atom. The molecule has 0 amide bonds. The third-order valence-corrected chi connectivity index (χ3v) is 2.90. The lowest BCUT2D eigenvalue weighted by Gasteiger charge is -2.18. The van der Waals surface area contributed by atoms with Crippen LogP contribution in [-0.4, -0.2) is 11.2 Å². The first-order valence-corrected chi connectivity index (χ1v) is 5.19. The Hall–Kier alpha value is -1.60. The minimum atomic E-state index is 0.225. The molecule has 2 rings (SSSR count). The number of carbonyl (C=O) groups excluding carboxylic acids is 1. The van der Waals surface area contributed by atoms with E-state index in [1.807, 2.05) is 12.1 Å². The zero-order valence-electron chi connectivity index (χ0n) is 8.49. The van der Waals surface area contributed by atoms with Gasteiger partial charge < -0.3 is 5.11 Å². The topological polar surface area (TPSA) is 49.7 Å². The number of rotatable bonds is 2. The van der Waals surface area contributed by atoms with Crippen LogP contribution in [0.3, 0.4) is 0 Å². The molecule has 0 atom stereocenters. The van der Waals surface area contributed by atoms with Crippen LogP contribution in [0.4, 0.5) is 0 Å². The van der Waals surface area contributed by atoms with Crippen molar-refractivity contribution in [3.63, 3.8) is 0 Å². The summed E-state index contributed by atoms with van der Waals surface area (Å²) in [6, 6.07) is 3.88. The maximum atomic E-state index is 10.0. The van der Waals surface area contributed by atoms with Gasteiger partial charge in [-0.2, -0.15) is 0 Å². The van der Waals surface area contributed by atoms with Crippen LogP contribution in [0, 0.1) is 0 Å². The molecule has 0 saturated heterocycles. The zero-order chi connectivity index (χ0) is 10.7. The van der Waals surface area contributed by atoms with Gasteiger partial charge in [-0.25, -0.2) is 9.79 Å². The van der Waals surface area contributed by atoms with Crippen LogP contribution in [0.5, 0.6) is 5.75 Å². The maximum absolute atomic E-state index is 10.0. The second-order valence-electron chi connectivity index (χ2n) is 3.83. The lowest BCUT2D eigenvalue weighted by molar-refractivity contribution is 0.455. The molecule has 1 aromatic rings. The number of aryl methyl sites for hydroxylation is 1. The quantitative estimate of drug-likeness (QED) is 0.591. The first-order chi connectivity index (χ1) is 7.33. The number of hydrogen-bond donors (Lipinski definition) is 1. The summed E-state index contributed by atoms with van der Waals surface area (Å²) in [5.41, 5.74) is 3.00. The summed E-state index contributed by atoms with van der Waals surface area (Å²) in [6.07, 6.45) is 5.78. The Balaban J connectivity index is 2.38. The van der Waals surface area contributed by atoms with Gasteiger partial charge in [0.05, 0.1) is 6.54 Å². The van der Waals surface area contributed by atoms with E-state index in [9.17, 15) is 9.90 Å². The smallest absolute Gasteiger partial charge is 0.235 e. The third-order valence-electron chi connectivity index (χ3n) is 2.90. The summed E-state index contributed by atoms with van der Waals surface area (Å²) >= 11 is 0. The fourth-order valence-corrected chi connectivity index (χ4v) is 2.10. The van der Waals surface area contributed by atoms with Crippen LogP contribution in [0.15, 0.2) is 17.1 Å². The molecule has 0 heterocycles. The number of fused-ring (bicyclic) bond motifs is 1. The molecule has 1 aliphatic carbocycles. The van der Waals surface area contributed by atoms with E-state index in [1.54, 1.807) is 0 Å². The number of phenols is 1. The minimum absolute atomic E-state index is 0.225. The lowest BCUT2D eigenvalue weighted by atomic mass is 9.89. The molecule has 0 aliphatic heterocycles. The van der Waals surface area contributed by atoms with Crippen LogP contribution in [0.2, 0.25) is 0 Å². The number of phenolic OH excluding ortho intramolecular Hbond substituents is 1. The fraction of sp³-hybridized carbons (Fsp3) is 0.417. The normalized spacial score (nSPS) is 14.1. The Kier molecular flexibility index (Phi) is 2.84. The highest BCUT2D eigenvalue weighted by atomic mass is 16.3. The molecule has 0 bridgehead atoms. The van der Waals surface area contributed by atoms with E-state index < -0.39 is 0 Å². The van der Waals surface area contributed by atoms with Crippen molar-refractivity contribution < 1.29 is 9.90 Å². The lowest BCUT2D eigenvalue weighted by Crippen LogP contribution is -2.04. The summed E-state index contributed by atoms with van der Waals surface area (Å²) in [4.78, 5) is 13.5. The number of aromatic hydroxyl groups is 1. The van der Waals surface area contributed by atoms with Gasteiger partial charge in [0.2, 0.25) is 6.08 Å². The van der Waals surface area contributed by atoms with Gasteiger partial charge in [-0.05, 0) is 36.8 Å². The van der Waals surface area contributed by atoms with E-state index >= 15 is 0 Å². The van der Waals surface area contributed by atoms with E-state index in [1.165, 1.54) is 18.1 Å². The van der Waals surface area contributed by atoms with E-state index in [2.05, 4.69) is 4.99 Å². The van der Waals surface area contributed by atoms with Gasteiger partial charge >= 0.3 is 0 Å². The van der Waals surface area contributed by atoms with Crippen molar-refractivity contribution in [2.45, 2.75) is 32.2 Å². The van der Waals surface area contributed by atoms with Gasteiger partial charge in [-0.15, -0.1) is 0 Å². The van der Waals surface area contributed by atoms with Gasteiger partial charge in [0.1, 0.15) is 5.75 Å². The molecule has 3 heteroatoms. The van der Waals surface area contributed by atoms with Crippen LogP contribution in [0.1, 0.15) is 29.5 Å². The highest BCUT2D eigenvalue weighted by molar-refractivity contribution is 5.47. The van der Waals surface area contributed by atoms with Crippen LogP contribution in [-0.2, 0) is 24.2 Å². The largest absolute Gasteiger partial charge is 0.507 e. The molecule has 0 saturated carbocycles. The van der Waals surface area contributed by atoms with Crippen molar-refractivity contribution in [2.75, 3.05) is 0 Å². The Bertz CT molecular complexity index is 420. The standard InChI is InChI=1S/C12H13NO2/c14-8-13-7-10-6-5-9-3-1-2-4-11(9)12(10)15/h5-6,15H,1-4,7H2. The third kappa shape index (κ3) is 1.92. The number of aliphatic imine (C=N–C) groups is 1. The van der Waals surface area contributed by atoms with Gasteiger partial charge in [0, 0.05) is 5.56 Å². The summed E-state index contributed by atoms with van der Waals surface area (Å²) in [5, 5.41) is 9.97. The first kappa shape index (κ1) is 9.94. The molecular weight excluding hydrogens is 190 g/mol. The van der Waals surface area contributed by atoms with Crippen molar-refractivity contribution >= 4 is 6.08 Å². The summed E-state index contributed by atoms with van der Waals surface area (Å²) < 4.78 is 0. The number of benzene rings is 1. The molecule has 0 radical (unpaired) electrons. The molecule has 0 aromatic heterocycles. The highest BCUT2D eigenvalue weighted by Crippen LogP contribution is 2.32. The van der Waals surface area contributed by atoms with Crippen LogP contribution >= 0.6 is 0 Å².